The van der Waals surface area contributed by atoms with E-state index in [-0.39, 0.29) is 0 Å². The predicted octanol–water partition coefficient (Wildman–Crippen LogP) is 17.0. The molecule has 12 aromatic rings. The van der Waals surface area contributed by atoms with Crippen LogP contribution >= 0.6 is 0 Å². The smallest absolute Gasteiger partial charge is 0.0725 e. The van der Waals surface area contributed by atoms with Crippen LogP contribution in [0.4, 0.5) is 17.1 Å². The molecule has 3 aliphatic rings. The molecule has 1 heterocycles. The lowest BCUT2D eigenvalue weighted by atomic mass is 9.68. The van der Waals surface area contributed by atoms with Crippen molar-refractivity contribution in [3.63, 3.8) is 0 Å². The van der Waals surface area contributed by atoms with Gasteiger partial charge in [-0.15, -0.1) is 0 Å². The van der Waals surface area contributed by atoms with Crippen LogP contribution in [0.25, 0.3) is 60.9 Å². The van der Waals surface area contributed by atoms with E-state index in [1.807, 2.05) is 0 Å². The van der Waals surface area contributed by atoms with E-state index in [2.05, 4.69) is 276 Å². The molecular weight excluding hydrogens is 845 g/mol. The first-order chi connectivity index (χ1) is 34.7. The predicted molar refractivity (Wildman–Crippen MR) is 289 cm³/mol. The number of rotatable bonds is 6. The molecule has 326 valence electrons. The molecule has 0 unspecified atom stereocenters. The van der Waals surface area contributed by atoms with Crippen molar-refractivity contribution < 1.29 is 0 Å². The maximum Gasteiger partial charge on any atom is 0.0725 e. The lowest BCUT2D eigenvalue weighted by molar-refractivity contribution is 0.768. The van der Waals surface area contributed by atoms with E-state index in [0.717, 1.165) is 22.7 Å². The minimum atomic E-state index is -0.491. The summed E-state index contributed by atoms with van der Waals surface area (Å²) in [5.41, 5.74) is 24.1. The Bertz CT molecular complexity index is 3890. The highest BCUT2D eigenvalue weighted by Gasteiger charge is 2.52. The van der Waals surface area contributed by atoms with Gasteiger partial charge in [-0.3, -0.25) is 0 Å². The molecule has 1 spiro atoms. The third-order valence-electron chi connectivity index (χ3n) is 15.9. The van der Waals surface area contributed by atoms with E-state index in [1.54, 1.807) is 0 Å². The van der Waals surface area contributed by atoms with Gasteiger partial charge in [-0.1, -0.05) is 206 Å². The summed E-state index contributed by atoms with van der Waals surface area (Å²) in [6.07, 6.45) is 0. The van der Waals surface area contributed by atoms with Crippen molar-refractivity contribution in [1.29, 1.82) is 0 Å². The average molecular weight is 889 g/mol. The Hall–Kier alpha value is -8.98. The van der Waals surface area contributed by atoms with Gasteiger partial charge in [0.15, 0.2) is 0 Å². The molecule has 0 aliphatic heterocycles. The molecule has 0 bridgehead atoms. The summed E-state index contributed by atoms with van der Waals surface area (Å²) >= 11 is 0. The minimum absolute atomic E-state index is 0.420. The first-order valence-corrected chi connectivity index (χ1v) is 24.4. The van der Waals surface area contributed by atoms with Crippen LogP contribution in [0.1, 0.15) is 44.5 Å². The van der Waals surface area contributed by atoms with Crippen molar-refractivity contribution >= 4 is 38.9 Å². The number of para-hydroxylation sites is 2. The molecule has 1 aromatic heterocycles. The van der Waals surface area contributed by atoms with Crippen molar-refractivity contribution in [3.8, 4) is 39.1 Å². The summed E-state index contributed by atoms with van der Waals surface area (Å²) < 4.78 is 2.40. The molecular formula is C68H44N2. The molecule has 0 N–H and O–H groups in total. The highest BCUT2D eigenvalue weighted by Crippen LogP contribution is 2.64. The molecule has 3 aliphatic carbocycles. The summed E-state index contributed by atoms with van der Waals surface area (Å²) in [6, 6.07) is 99.7. The van der Waals surface area contributed by atoms with Gasteiger partial charge in [-0.25, -0.2) is 0 Å². The summed E-state index contributed by atoms with van der Waals surface area (Å²) in [4.78, 5) is 2.51. The summed E-state index contributed by atoms with van der Waals surface area (Å²) in [6.45, 7) is 0. The molecule has 0 atom stereocenters. The Morgan fingerprint density at radius 3 is 1.17 bits per heavy atom. The molecule has 0 saturated carbocycles. The number of benzene rings is 11. The van der Waals surface area contributed by atoms with Crippen molar-refractivity contribution in [2.75, 3.05) is 4.90 Å². The Labute approximate surface area is 407 Å². The van der Waals surface area contributed by atoms with Crippen LogP contribution in [0.15, 0.2) is 267 Å². The third-order valence-corrected chi connectivity index (χ3v) is 15.9. The fourth-order valence-electron chi connectivity index (χ4n) is 13.2. The van der Waals surface area contributed by atoms with Crippen LogP contribution in [0.2, 0.25) is 0 Å². The monoisotopic (exact) mass is 888 g/mol. The molecule has 0 amide bonds. The van der Waals surface area contributed by atoms with Crippen LogP contribution in [0.3, 0.4) is 0 Å². The van der Waals surface area contributed by atoms with Crippen molar-refractivity contribution in [2.45, 2.75) is 10.8 Å². The first-order valence-electron chi connectivity index (χ1n) is 24.4. The van der Waals surface area contributed by atoms with E-state index in [9.17, 15) is 0 Å². The van der Waals surface area contributed by atoms with Gasteiger partial charge in [0, 0.05) is 33.5 Å². The lowest BCUT2D eigenvalue weighted by Gasteiger charge is -2.34. The van der Waals surface area contributed by atoms with Crippen molar-refractivity contribution in [1.82, 2.24) is 4.57 Å². The topological polar surface area (TPSA) is 8.17 Å². The zero-order valence-corrected chi connectivity index (χ0v) is 38.3. The molecule has 2 heteroatoms. The SMILES string of the molecule is c1ccc(-n2c3ccccc3c3cc(N(c4ccc5c(c4)-c4ccccc4C5(c4ccccc4)c4ccccc4)c4ccc5c(c4)-c4ccccc4C54c5ccccc5-c5ccccc54)ccc32)cc1. The molecule has 0 radical (unpaired) electrons. The Morgan fingerprint density at radius 1 is 0.257 bits per heavy atom. The van der Waals surface area contributed by atoms with Crippen molar-refractivity contribution in [3.05, 3.63) is 311 Å². The number of aromatic nitrogens is 1. The van der Waals surface area contributed by atoms with Crippen LogP contribution in [0, 0.1) is 0 Å². The number of anilines is 3. The van der Waals surface area contributed by atoms with Gasteiger partial charge in [0.25, 0.3) is 0 Å². The quantitative estimate of drug-likeness (QED) is 0.161. The maximum absolute atomic E-state index is 2.51. The van der Waals surface area contributed by atoms with Crippen LogP contribution in [-0.4, -0.2) is 4.57 Å². The molecule has 11 aromatic carbocycles. The Balaban J connectivity index is 0.997. The van der Waals surface area contributed by atoms with E-state index in [0.29, 0.717) is 0 Å². The standard InChI is InChI=1S/C68H44N2/c1-4-20-45(21-5-1)67(46-22-6-2-7-23-46)59-31-15-12-28-53(59)56-42-48(36-39-63(56)67)69(50-38-41-66-58(44-50)55-30-14-19-35-65(55)70(66)47-24-8-3-9-25-47)49-37-40-64-57(43-49)54-29-13-18-34-62(54)68(64)60-32-16-10-26-51(60)52-27-11-17-33-61(52)68/h1-44H. The van der Waals surface area contributed by atoms with Crippen molar-refractivity contribution in [2.24, 2.45) is 0 Å². The van der Waals surface area contributed by atoms with E-state index >= 15 is 0 Å². The van der Waals surface area contributed by atoms with E-state index < -0.39 is 10.8 Å². The Kier molecular flexibility index (Phi) is 8.24. The number of fused-ring (bicyclic) bond motifs is 16. The second-order valence-corrected chi connectivity index (χ2v) is 19.1. The maximum atomic E-state index is 2.51. The van der Waals surface area contributed by atoms with Gasteiger partial charge in [-0.2, -0.15) is 0 Å². The minimum Gasteiger partial charge on any atom is -0.310 e. The molecule has 70 heavy (non-hydrogen) atoms. The van der Waals surface area contributed by atoms with Gasteiger partial charge >= 0.3 is 0 Å². The average Bonchev–Trinajstić information content (AvgIpc) is 4.12. The number of nitrogens with zero attached hydrogens (tertiary/aromatic N) is 2. The summed E-state index contributed by atoms with van der Waals surface area (Å²) in [7, 11) is 0. The highest BCUT2D eigenvalue weighted by atomic mass is 15.1. The lowest BCUT2D eigenvalue weighted by Crippen LogP contribution is -2.28. The zero-order valence-electron chi connectivity index (χ0n) is 38.3. The second kappa shape index (κ2) is 14.8. The first kappa shape index (κ1) is 39.1. The highest BCUT2D eigenvalue weighted by molar-refractivity contribution is 6.11. The largest absolute Gasteiger partial charge is 0.310 e. The van der Waals surface area contributed by atoms with Gasteiger partial charge in [-0.05, 0) is 139 Å². The molecule has 0 saturated heterocycles. The summed E-state index contributed by atoms with van der Waals surface area (Å²) in [5, 5.41) is 2.44. The van der Waals surface area contributed by atoms with Crippen LogP contribution in [-0.2, 0) is 10.8 Å². The Morgan fingerprint density at radius 2 is 0.629 bits per heavy atom. The molecule has 0 fully saturated rings. The fraction of sp³-hybridized carbons (Fsp3) is 0.0294. The van der Waals surface area contributed by atoms with Gasteiger partial charge in [0.05, 0.1) is 21.9 Å². The van der Waals surface area contributed by atoms with Gasteiger partial charge < -0.3 is 9.47 Å². The molecule has 2 nitrogen and oxygen atoms in total. The molecule has 15 rings (SSSR count). The van der Waals surface area contributed by atoms with E-state index in [1.165, 1.54) is 99.7 Å². The number of hydrogen-bond acceptors (Lipinski definition) is 1. The van der Waals surface area contributed by atoms with Crippen LogP contribution < -0.4 is 4.90 Å². The number of hydrogen-bond donors (Lipinski definition) is 0. The third kappa shape index (κ3) is 5.12. The van der Waals surface area contributed by atoms with Gasteiger partial charge in [0.1, 0.15) is 0 Å². The van der Waals surface area contributed by atoms with E-state index in [4.69, 9.17) is 0 Å². The zero-order chi connectivity index (χ0) is 46.0. The normalized spacial score (nSPS) is 13.9. The van der Waals surface area contributed by atoms with Crippen LogP contribution in [0.5, 0.6) is 0 Å². The fourth-order valence-corrected chi connectivity index (χ4v) is 13.2. The summed E-state index contributed by atoms with van der Waals surface area (Å²) in [5.74, 6) is 0. The second-order valence-electron chi connectivity index (χ2n) is 19.1. The van der Waals surface area contributed by atoms with Gasteiger partial charge in [0.2, 0.25) is 0 Å².